The van der Waals surface area contributed by atoms with Crippen LogP contribution in [0.5, 0.6) is 0 Å². The average Bonchev–Trinajstić information content (AvgIpc) is 2.92. The molecule has 0 amide bonds. The zero-order valence-electron chi connectivity index (χ0n) is 10.1. The van der Waals surface area contributed by atoms with E-state index < -0.39 is 6.10 Å². The molecule has 0 radical (unpaired) electrons. The summed E-state index contributed by atoms with van der Waals surface area (Å²) in [5.41, 5.74) is 6.57. The predicted molar refractivity (Wildman–Crippen MR) is 69.6 cm³/mol. The van der Waals surface area contributed by atoms with Gasteiger partial charge in [0.05, 0.1) is 18.5 Å². The standard InChI is InChI=1S/C11H14ClN5O2/c12-9-8-10(16-11(13)15-9)17(4-14-8)6-1-5(3-18)2-7(6)19/h4-7,18-19H,1-3H2,(H2,13,15,16)/t5-,6+,7+/m0/s1. The maximum atomic E-state index is 10.1. The number of imidazole rings is 1. The summed E-state index contributed by atoms with van der Waals surface area (Å²) in [5, 5.41) is 19.5. The maximum Gasteiger partial charge on any atom is 0.223 e. The van der Waals surface area contributed by atoms with Crippen molar-refractivity contribution in [2.75, 3.05) is 12.3 Å². The van der Waals surface area contributed by atoms with Crippen LogP contribution in [0.15, 0.2) is 6.33 Å². The van der Waals surface area contributed by atoms with Crippen molar-refractivity contribution in [3.63, 3.8) is 0 Å². The van der Waals surface area contributed by atoms with Crippen LogP contribution < -0.4 is 5.73 Å². The number of fused-ring (bicyclic) bond motifs is 1. The minimum absolute atomic E-state index is 0.0675. The molecule has 1 aliphatic rings. The summed E-state index contributed by atoms with van der Waals surface area (Å²) in [6, 6.07) is -0.174. The van der Waals surface area contributed by atoms with Crippen LogP contribution in [0.3, 0.4) is 0 Å². The fourth-order valence-corrected chi connectivity index (χ4v) is 2.90. The molecule has 0 bridgehead atoms. The summed E-state index contributed by atoms with van der Waals surface area (Å²) in [5.74, 6) is 0.164. The third-order valence-corrected chi connectivity index (χ3v) is 3.87. The molecule has 3 atom stereocenters. The number of aliphatic hydroxyl groups excluding tert-OH is 2. The lowest BCUT2D eigenvalue weighted by Crippen LogP contribution is -2.18. The lowest BCUT2D eigenvalue weighted by atomic mass is 10.1. The van der Waals surface area contributed by atoms with Crippen LogP contribution in [0.2, 0.25) is 5.15 Å². The second kappa shape index (κ2) is 4.59. The first-order valence-electron chi connectivity index (χ1n) is 6.04. The molecule has 0 saturated heterocycles. The molecule has 1 fully saturated rings. The quantitative estimate of drug-likeness (QED) is 0.687. The third-order valence-electron chi connectivity index (χ3n) is 3.61. The van der Waals surface area contributed by atoms with Crippen molar-refractivity contribution >= 4 is 28.7 Å². The van der Waals surface area contributed by atoms with E-state index in [1.54, 1.807) is 10.9 Å². The molecule has 3 rings (SSSR count). The second-order valence-electron chi connectivity index (χ2n) is 4.85. The number of rotatable bonds is 2. The maximum absolute atomic E-state index is 10.1. The zero-order chi connectivity index (χ0) is 13.6. The van der Waals surface area contributed by atoms with Crippen LogP contribution in [0.25, 0.3) is 11.2 Å². The fraction of sp³-hybridized carbons (Fsp3) is 0.545. The van der Waals surface area contributed by atoms with Gasteiger partial charge in [-0.3, -0.25) is 0 Å². The summed E-state index contributed by atoms with van der Waals surface area (Å²) >= 11 is 5.97. The Balaban J connectivity index is 2.06. The highest BCUT2D eigenvalue weighted by atomic mass is 35.5. The molecule has 19 heavy (non-hydrogen) atoms. The summed E-state index contributed by atoms with van der Waals surface area (Å²) in [4.78, 5) is 12.1. The molecule has 2 aromatic rings. The number of hydrogen-bond acceptors (Lipinski definition) is 6. The minimum atomic E-state index is -0.537. The molecule has 4 N–H and O–H groups in total. The normalized spacial score (nSPS) is 27.2. The van der Waals surface area contributed by atoms with Crippen LogP contribution in [0, 0.1) is 5.92 Å². The summed E-state index contributed by atoms with van der Waals surface area (Å²) < 4.78 is 1.76. The highest BCUT2D eigenvalue weighted by Crippen LogP contribution is 2.36. The Hall–Kier alpha value is -1.44. The van der Waals surface area contributed by atoms with Crippen LogP contribution in [0.1, 0.15) is 18.9 Å². The van der Waals surface area contributed by atoms with E-state index in [0.29, 0.717) is 24.0 Å². The Bertz CT molecular complexity index is 616. The summed E-state index contributed by atoms with van der Waals surface area (Å²) in [6.45, 7) is 0.0675. The number of hydrogen-bond donors (Lipinski definition) is 3. The Morgan fingerprint density at radius 2 is 2.21 bits per heavy atom. The van der Waals surface area contributed by atoms with Gasteiger partial charge in [0.15, 0.2) is 10.8 Å². The van der Waals surface area contributed by atoms with Crippen molar-refractivity contribution in [1.29, 1.82) is 0 Å². The molecular weight excluding hydrogens is 270 g/mol. The molecule has 0 spiro atoms. The van der Waals surface area contributed by atoms with Gasteiger partial charge in [-0.1, -0.05) is 11.6 Å². The van der Waals surface area contributed by atoms with E-state index in [1.807, 2.05) is 0 Å². The summed E-state index contributed by atoms with van der Waals surface area (Å²) in [7, 11) is 0. The van der Waals surface area contributed by atoms with E-state index in [1.165, 1.54) is 0 Å². The Morgan fingerprint density at radius 3 is 2.89 bits per heavy atom. The molecular formula is C11H14ClN5O2. The third kappa shape index (κ3) is 2.03. The van der Waals surface area contributed by atoms with Crippen LogP contribution in [0.4, 0.5) is 5.95 Å². The van der Waals surface area contributed by atoms with E-state index in [4.69, 9.17) is 17.3 Å². The molecule has 102 valence electrons. The van der Waals surface area contributed by atoms with E-state index >= 15 is 0 Å². The Morgan fingerprint density at radius 1 is 1.42 bits per heavy atom. The number of nitrogens with two attached hydrogens (primary N) is 1. The molecule has 2 heterocycles. The molecule has 7 nitrogen and oxygen atoms in total. The monoisotopic (exact) mass is 283 g/mol. The smallest absolute Gasteiger partial charge is 0.223 e. The Labute approximate surface area is 114 Å². The van der Waals surface area contributed by atoms with Crippen molar-refractivity contribution in [3.05, 3.63) is 11.5 Å². The topological polar surface area (TPSA) is 110 Å². The largest absolute Gasteiger partial charge is 0.396 e. The van der Waals surface area contributed by atoms with Crippen molar-refractivity contribution in [2.45, 2.75) is 25.0 Å². The SMILES string of the molecule is Nc1nc(Cl)c2ncn([C@@H]3C[C@H](CO)C[C@H]3O)c2n1. The number of aliphatic hydroxyl groups is 2. The number of aromatic nitrogens is 4. The lowest BCUT2D eigenvalue weighted by Gasteiger charge is -2.16. The zero-order valence-corrected chi connectivity index (χ0v) is 10.8. The van der Waals surface area contributed by atoms with E-state index in [9.17, 15) is 10.2 Å². The molecule has 8 heteroatoms. The van der Waals surface area contributed by atoms with Crippen molar-refractivity contribution in [2.24, 2.45) is 5.92 Å². The molecule has 1 saturated carbocycles. The van der Waals surface area contributed by atoms with E-state index in [0.717, 1.165) is 0 Å². The second-order valence-corrected chi connectivity index (χ2v) is 5.21. The Kier molecular flexibility index (Phi) is 3.04. The van der Waals surface area contributed by atoms with Gasteiger partial charge in [-0.2, -0.15) is 9.97 Å². The van der Waals surface area contributed by atoms with Crippen LogP contribution >= 0.6 is 11.6 Å². The van der Waals surface area contributed by atoms with Gasteiger partial charge in [-0.05, 0) is 18.8 Å². The number of anilines is 1. The lowest BCUT2D eigenvalue weighted by molar-refractivity contribution is 0.132. The van der Waals surface area contributed by atoms with Gasteiger partial charge in [0.2, 0.25) is 5.95 Å². The average molecular weight is 284 g/mol. The van der Waals surface area contributed by atoms with Crippen molar-refractivity contribution in [3.8, 4) is 0 Å². The van der Waals surface area contributed by atoms with Crippen molar-refractivity contribution < 1.29 is 10.2 Å². The number of nitrogens with zero attached hydrogens (tertiary/aromatic N) is 4. The number of halogens is 1. The van der Waals surface area contributed by atoms with Gasteiger partial charge in [-0.25, -0.2) is 4.98 Å². The van der Waals surface area contributed by atoms with Crippen LogP contribution in [-0.4, -0.2) is 42.4 Å². The van der Waals surface area contributed by atoms with Crippen LogP contribution in [-0.2, 0) is 0 Å². The van der Waals surface area contributed by atoms with Crippen molar-refractivity contribution in [1.82, 2.24) is 19.5 Å². The van der Waals surface area contributed by atoms with Gasteiger partial charge in [0.25, 0.3) is 0 Å². The number of nitrogen functional groups attached to an aromatic ring is 1. The minimum Gasteiger partial charge on any atom is -0.396 e. The molecule has 0 aliphatic heterocycles. The molecule has 1 aliphatic carbocycles. The molecule has 0 aromatic carbocycles. The fourth-order valence-electron chi connectivity index (χ4n) is 2.68. The van der Waals surface area contributed by atoms with E-state index in [-0.39, 0.29) is 29.7 Å². The van der Waals surface area contributed by atoms with Gasteiger partial charge < -0.3 is 20.5 Å². The molecule has 0 unspecified atom stereocenters. The van der Waals surface area contributed by atoms with Gasteiger partial charge in [0.1, 0.15) is 5.52 Å². The highest BCUT2D eigenvalue weighted by molar-refractivity contribution is 6.33. The first kappa shape index (κ1) is 12.6. The van der Waals surface area contributed by atoms with Gasteiger partial charge in [-0.15, -0.1) is 0 Å². The predicted octanol–water partition coefficient (Wildman–Crippen LogP) is 0.366. The summed E-state index contributed by atoms with van der Waals surface area (Å²) in [6.07, 6.45) is 2.28. The highest BCUT2D eigenvalue weighted by Gasteiger charge is 2.35. The first-order valence-corrected chi connectivity index (χ1v) is 6.42. The van der Waals surface area contributed by atoms with Gasteiger partial charge in [0, 0.05) is 6.61 Å². The van der Waals surface area contributed by atoms with Gasteiger partial charge >= 0.3 is 0 Å². The first-order chi connectivity index (χ1) is 9.10. The van der Waals surface area contributed by atoms with E-state index in [2.05, 4.69) is 15.0 Å². The molecule has 2 aromatic heterocycles.